The molecule has 1 N–H and O–H groups in total. The van der Waals surface area contributed by atoms with Crippen molar-refractivity contribution in [1.29, 1.82) is 0 Å². The van der Waals surface area contributed by atoms with Crippen LogP contribution in [0.4, 0.5) is 0 Å². The second-order valence-electron chi connectivity index (χ2n) is 7.59. The SMILES string of the molecule is CCCc1ccc(C(=O)N[C@@H]2C=C[C@H]([C@@H](C(=O)OC)c3ccc(OC)cc3)C2)cc1. The zero-order valence-electron chi connectivity index (χ0n) is 17.8. The van der Waals surface area contributed by atoms with Gasteiger partial charge in [-0.05, 0) is 54.2 Å². The molecule has 1 amide bonds. The molecule has 0 saturated carbocycles. The molecule has 0 saturated heterocycles. The number of methoxy groups -OCH3 is 2. The number of benzene rings is 2. The van der Waals surface area contributed by atoms with E-state index in [1.165, 1.54) is 12.7 Å². The van der Waals surface area contributed by atoms with Crippen molar-refractivity contribution in [3.05, 3.63) is 77.4 Å². The number of esters is 1. The van der Waals surface area contributed by atoms with Gasteiger partial charge in [0.2, 0.25) is 0 Å². The molecule has 1 aliphatic carbocycles. The van der Waals surface area contributed by atoms with Crippen LogP contribution in [0.15, 0.2) is 60.7 Å². The zero-order valence-corrected chi connectivity index (χ0v) is 17.8. The maximum Gasteiger partial charge on any atom is 0.313 e. The molecule has 0 unspecified atom stereocenters. The van der Waals surface area contributed by atoms with E-state index in [-0.39, 0.29) is 23.8 Å². The second-order valence-corrected chi connectivity index (χ2v) is 7.59. The summed E-state index contributed by atoms with van der Waals surface area (Å²) < 4.78 is 10.3. The lowest BCUT2D eigenvalue weighted by atomic mass is 9.85. The van der Waals surface area contributed by atoms with Crippen LogP contribution in [0.2, 0.25) is 0 Å². The minimum Gasteiger partial charge on any atom is -0.497 e. The van der Waals surface area contributed by atoms with Gasteiger partial charge in [-0.25, -0.2) is 0 Å². The topological polar surface area (TPSA) is 64.6 Å². The first-order chi connectivity index (χ1) is 14.5. The van der Waals surface area contributed by atoms with Crippen LogP contribution in [0.1, 0.15) is 47.2 Å². The molecule has 0 bridgehead atoms. The molecule has 3 atom stereocenters. The molecule has 3 rings (SSSR count). The molecule has 2 aromatic rings. The van der Waals surface area contributed by atoms with Gasteiger partial charge in [0.05, 0.1) is 20.1 Å². The number of aryl methyl sites for hydroxylation is 1. The number of nitrogens with one attached hydrogen (secondary N) is 1. The van der Waals surface area contributed by atoms with E-state index in [1.54, 1.807) is 7.11 Å². The van der Waals surface area contributed by atoms with Gasteiger partial charge in [-0.3, -0.25) is 9.59 Å². The Labute approximate surface area is 178 Å². The average Bonchev–Trinajstić information content (AvgIpc) is 3.22. The van der Waals surface area contributed by atoms with E-state index in [0.29, 0.717) is 12.0 Å². The zero-order chi connectivity index (χ0) is 21.5. The van der Waals surface area contributed by atoms with Gasteiger partial charge in [0.15, 0.2) is 0 Å². The van der Waals surface area contributed by atoms with Crippen molar-refractivity contribution in [3.8, 4) is 5.75 Å². The molecule has 0 radical (unpaired) electrons. The number of ether oxygens (including phenoxy) is 2. The highest BCUT2D eigenvalue weighted by molar-refractivity contribution is 5.94. The first-order valence-corrected chi connectivity index (χ1v) is 10.4. The molecule has 0 fully saturated rings. The Morgan fingerprint density at radius 1 is 1.03 bits per heavy atom. The van der Waals surface area contributed by atoms with Crippen molar-refractivity contribution in [2.75, 3.05) is 14.2 Å². The van der Waals surface area contributed by atoms with Crippen LogP contribution in [0.5, 0.6) is 5.75 Å². The van der Waals surface area contributed by atoms with Gasteiger partial charge in [0.25, 0.3) is 5.91 Å². The number of allylic oxidation sites excluding steroid dienone is 1. The lowest BCUT2D eigenvalue weighted by Crippen LogP contribution is -2.33. The van der Waals surface area contributed by atoms with Gasteiger partial charge in [-0.1, -0.05) is 49.8 Å². The van der Waals surface area contributed by atoms with Crippen LogP contribution in [-0.2, 0) is 16.0 Å². The van der Waals surface area contributed by atoms with Crippen molar-refractivity contribution in [1.82, 2.24) is 5.32 Å². The Morgan fingerprint density at radius 3 is 2.33 bits per heavy atom. The molecule has 5 heteroatoms. The van der Waals surface area contributed by atoms with Gasteiger partial charge in [-0.2, -0.15) is 0 Å². The summed E-state index contributed by atoms with van der Waals surface area (Å²) in [5.41, 5.74) is 2.75. The quantitative estimate of drug-likeness (QED) is 0.524. The molecular weight excluding hydrogens is 378 g/mol. The van der Waals surface area contributed by atoms with Crippen LogP contribution in [-0.4, -0.2) is 32.1 Å². The summed E-state index contributed by atoms with van der Waals surface area (Å²) in [6, 6.07) is 15.1. The number of amides is 1. The highest BCUT2D eigenvalue weighted by Crippen LogP contribution is 2.35. The fourth-order valence-electron chi connectivity index (χ4n) is 3.94. The summed E-state index contributed by atoms with van der Waals surface area (Å²) in [6.45, 7) is 2.14. The number of carbonyl (C=O) groups excluding carboxylic acids is 2. The molecule has 0 aliphatic heterocycles. The number of hydrogen-bond donors (Lipinski definition) is 1. The van der Waals surface area contributed by atoms with E-state index < -0.39 is 5.92 Å². The molecule has 5 nitrogen and oxygen atoms in total. The van der Waals surface area contributed by atoms with Gasteiger partial charge < -0.3 is 14.8 Å². The standard InChI is InChI=1S/C25H29NO4/c1-4-5-17-6-8-19(9-7-17)24(27)26-21-13-10-20(16-21)23(25(28)30-3)18-11-14-22(29-2)15-12-18/h6-15,20-21,23H,4-5,16H2,1-3H3,(H,26,27)/t20-,21+,23-/m0/s1. The Kier molecular flexibility index (Phi) is 7.28. The largest absolute Gasteiger partial charge is 0.497 e. The Bertz CT molecular complexity index is 886. The average molecular weight is 408 g/mol. The summed E-state index contributed by atoms with van der Waals surface area (Å²) in [5.74, 6) is -0.129. The molecule has 30 heavy (non-hydrogen) atoms. The second kappa shape index (κ2) is 10.1. The molecular formula is C25H29NO4. The van der Waals surface area contributed by atoms with Crippen LogP contribution >= 0.6 is 0 Å². The molecule has 1 aliphatic rings. The molecule has 0 heterocycles. The fraction of sp³-hybridized carbons (Fsp3) is 0.360. The lowest BCUT2D eigenvalue weighted by Gasteiger charge is -2.22. The maximum absolute atomic E-state index is 12.6. The maximum atomic E-state index is 12.6. The fourth-order valence-corrected chi connectivity index (χ4v) is 3.94. The van der Waals surface area contributed by atoms with Gasteiger partial charge in [0.1, 0.15) is 5.75 Å². The van der Waals surface area contributed by atoms with E-state index in [0.717, 1.165) is 24.2 Å². The predicted octanol–water partition coefficient (Wildman–Crippen LogP) is 4.28. The monoisotopic (exact) mass is 407 g/mol. The normalized spacial score (nSPS) is 18.6. The van der Waals surface area contributed by atoms with E-state index in [2.05, 4.69) is 12.2 Å². The van der Waals surface area contributed by atoms with E-state index in [4.69, 9.17) is 9.47 Å². The van der Waals surface area contributed by atoms with Crippen LogP contribution in [0, 0.1) is 5.92 Å². The van der Waals surface area contributed by atoms with Crippen molar-refractivity contribution in [2.45, 2.75) is 38.1 Å². The van der Waals surface area contributed by atoms with Crippen molar-refractivity contribution in [2.24, 2.45) is 5.92 Å². The summed E-state index contributed by atoms with van der Waals surface area (Å²) in [7, 11) is 3.01. The Morgan fingerprint density at radius 2 is 1.73 bits per heavy atom. The van der Waals surface area contributed by atoms with Crippen LogP contribution in [0.25, 0.3) is 0 Å². The highest BCUT2D eigenvalue weighted by atomic mass is 16.5. The van der Waals surface area contributed by atoms with Crippen LogP contribution < -0.4 is 10.1 Å². The third-order valence-corrected chi connectivity index (χ3v) is 5.55. The molecule has 0 spiro atoms. The van der Waals surface area contributed by atoms with E-state index >= 15 is 0 Å². The first-order valence-electron chi connectivity index (χ1n) is 10.4. The Balaban J connectivity index is 1.66. The summed E-state index contributed by atoms with van der Waals surface area (Å²) in [4.78, 5) is 25.1. The van der Waals surface area contributed by atoms with Crippen molar-refractivity contribution >= 4 is 11.9 Å². The van der Waals surface area contributed by atoms with Gasteiger partial charge >= 0.3 is 5.97 Å². The van der Waals surface area contributed by atoms with Gasteiger partial charge in [-0.15, -0.1) is 0 Å². The third kappa shape index (κ3) is 5.09. The predicted molar refractivity (Wildman–Crippen MR) is 117 cm³/mol. The minimum atomic E-state index is -0.424. The highest BCUT2D eigenvalue weighted by Gasteiger charge is 2.34. The molecule has 2 aromatic carbocycles. The molecule has 158 valence electrons. The number of rotatable bonds is 8. The summed E-state index contributed by atoms with van der Waals surface area (Å²) in [5, 5.41) is 3.06. The minimum absolute atomic E-state index is 0.0527. The summed E-state index contributed by atoms with van der Waals surface area (Å²) >= 11 is 0. The van der Waals surface area contributed by atoms with E-state index in [9.17, 15) is 9.59 Å². The Hall–Kier alpha value is -3.08. The number of carbonyl (C=O) groups is 2. The van der Waals surface area contributed by atoms with Crippen LogP contribution in [0.3, 0.4) is 0 Å². The number of hydrogen-bond acceptors (Lipinski definition) is 4. The van der Waals surface area contributed by atoms with E-state index in [1.807, 2.05) is 60.7 Å². The van der Waals surface area contributed by atoms with Gasteiger partial charge in [0, 0.05) is 11.6 Å². The lowest BCUT2D eigenvalue weighted by molar-refractivity contribution is -0.143. The van der Waals surface area contributed by atoms with Crippen molar-refractivity contribution in [3.63, 3.8) is 0 Å². The summed E-state index contributed by atoms with van der Waals surface area (Å²) in [6.07, 6.45) is 6.70. The smallest absolute Gasteiger partial charge is 0.313 e. The molecule has 0 aromatic heterocycles. The third-order valence-electron chi connectivity index (χ3n) is 5.55. The first kappa shape index (κ1) is 21.6. The van der Waals surface area contributed by atoms with Crippen molar-refractivity contribution < 1.29 is 19.1 Å².